The summed E-state index contributed by atoms with van der Waals surface area (Å²) in [6, 6.07) is 14.1. The number of nitrogens with zero attached hydrogens (tertiary/aromatic N) is 1. The minimum atomic E-state index is -3.64. The van der Waals surface area contributed by atoms with E-state index in [0.717, 1.165) is 11.3 Å². The predicted molar refractivity (Wildman–Crippen MR) is 108 cm³/mol. The quantitative estimate of drug-likeness (QED) is 0.631. The SMILES string of the molecule is Cc1ccc(OCCN(C)C(=O)CCNS(=O)(=O)c2cccc(Br)c2)cc1. The molecule has 0 bridgehead atoms. The summed E-state index contributed by atoms with van der Waals surface area (Å²) in [5, 5.41) is 0. The fourth-order valence-corrected chi connectivity index (χ4v) is 3.89. The van der Waals surface area contributed by atoms with E-state index in [4.69, 9.17) is 4.74 Å². The molecule has 27 heavy (non-hydrogen) atoms. The number of ether oxygens (including phenoxy) is 1. The summed E-state index contributed by atoms with van der Waals surface area (Å²) in [6.45, 7) is 2.83. The van der Waals surface area contributed by atoms with Crippen molar-refractivity contribution < 1.29 is 17.9 Å². The van der Waals surface area contributed by atoms with Gasteiger partial charge in [0.15, 0.2) is 0 Å². The van der Waals surface area contributed by atoms with Gasteiger partial charge in [0.1, 0.15) is 12.4 Å². The Morgan fingerprint density at radius 1 is 1.19 bits per heavy atom. The maximum Gasteiger partial charge on any atom is 0.240 e. The van der Waals surface area contributed by atoms with Gasteiger partial charge in [-0.05, 0) is 37.3 Å². The largest absolute Gasteiger partial charge is 0.492 e. The van der Waals surface area contributed by atoms with Gasteiger partial charge in [0, 0.05) is 24.5 Å². The zero-order valence-corrected chi connectivity index (χ0v) is 17.7. The Morgan fingerprint density at radius 3 is 2.56 bits per heavy atom. The third-order valence-corrected chi connectivity index (χ3v) is 5.83. The highest BCUT2D eigenvalue weighted by Crippen LogP contribution is 2.15. The molecule has 1 N–H and O–H groups in total. The second-order valence-corrected chi connectivity index (χ2v) is 8.76. The fraction of sp³-hybridized carbons (Fsp3) is 0.316. The highest BCUT2D eigenvalue weighted by molar-refractivity contribution is 9.10. The Kier molecular flexibility index (Phi) is 7.82. The molecule has 6 nitrogen and oxygen atoms in total. The molecule has 0 aliphatic heterocycles. The van der Waals surface area contributed by atoms with E-state index in [1.165, 1.54) is 17.0 Å². The molecular weight excluding hydrogens is 432 g/mol. The van der Waals surface area contributed by atoms with Crippen LogP contribution in [-0.4, -0.2) is 46.0 Å². The van der Waals surface area contributed by atoms with E-state index < -0.39 is 10.0 Å². The predicted octanol–water partition coefficient (Wildman–Crippen LogP) is 2.96. The molecule has 0 aromatic heterocycles. The number of amides is 1. The molecule has 0 spiro atoms. The zero-order chi connectivity index (χ0) is 19.9. The first-order valence-electron chi connectivity index (χ1n) is 8.46. The lowest BCUT2D eigenvalue weighted by Gasteiger charge is -2.17. The maximum absolute atomic E-state index is 12.2. The van der Waals surface area contributed by atoms with Crippen LogP contribution in [-0.2, 0) is 14.8 Å². The van der Waals surface area contributed by atoms with Gasteiger partial charge >= 0.3 is 0 Å². The Labute approximate surface area is 168 Å². The van der Waals surface area contributed by atoms with Crippen LogP contribution in [0.5, 0.6) is 5.75 Å². The molecule has 2 rings (SSSR count). The molecule has 0 aliphatic carbocycles. The molecule has 0 aliphatic rings. The van der Waals surface area contributed by atoms with Crippen molar-refractivity contribution in [2.75, 3.05) is 26.7 Å². The van der Waals surface area contributed by atoms with Crippen LogP contribution in [0.3, 0.4) is 0 Å². The van der Waals surface area contributed by atoms with Gasteiger partial charge in [-0.25, -0.2) is 13.1 Å². The van der Waals surface area contributed by atoms with E-state index in [9.17, 15) is 13.2 Å². The summed E-state index contributed by atoms with van der Waals surface area (Å²) in [4.78, 5) is 13.8. The van der Waals surface area contributed by atoms with Gasteiger partial charge in [0.25, 0.3) is 0 Å². The summed E-state index contributed by atoms with van der Waals surface area (Å²) >= 11 is 3.24. The molecule has 8 heteroatoms. The normalized spacial score (nSPS) is 11.2. The van der Waals surface area contributed by atoms with Gasteiger partial charge in [0.2, 0.25) is 15.9 Å². The molecule has 0 unspecified atom stereocenters. The van der Waals surface area contributed by atoms with Gasteiger partial charge in [-0.2, -0.15) is 0 Å². The molecule has 2 aromatic carbocycles. The van der Waals surface area contributed by atoms with Crippen molar-refractivity contribution in [1.29, 1.82) is 0 Å². The molecule has 0 fully saturated rings. The second kappa shape index (κ2) is 9.87. The van der Waals surface area contributed by atoms with Crippen molar-refractivity contribution in [1.82, 2.24) is 9.62 Å². The third-order valence-electron chi connectivity index (χ3n) is 3.88. The lowest BCUT2D eigenvalue weighted by atomic mass is 10.2. The van der Waals surface area contributed by atoms with Gasteiger partial charge in [-0.3, -0.25) is 4.79 Å². The van der Waals surface area contributed by atoms with Gasteiger partial charge in [-0.15, -0.1) is 0 Å². The maximum atomic E-state index is 12.2. The number of carbonyl (C=O) groups excluding carboxylic acids is 1. The van der Waals surface area contributed by atoms with Crippen molar-refractivity contribution >= 4 is 31.9 Å². The smallest absolute Gasteiger partial charge is 0.240 e. The summed E-state index contributed by atoms with van der Waals surface area (Å²) in [7, 11) is -1.97. The minimum Gasteiger partial charge on any atom is -0.492 e. The lowest BCUT2D eigenvalue weighted by Crippen LogP contribution is -2.34. The topological polar surface area (TPSA) is 75.7 Å². The zero-order valence-electron chi connectivity index (χ0n) is 15.3. The first kappa shape index (κ1) is 21.4. The third kappa shape index (κ3) is 6.97. The molecule has 146 valence electrons. The van der Waals surface area contributed by atoms with Crippen molar-refractivity contribution in [3.63, 3.8) is 0 Å². The van der Waals surface area contributed by atoms with Crippen LogP contribution in [0, 0.1) is 6.92 Å². The number of benzene rings is 2. The van der Waals surface area contributed by atoms with Gasteiger partial charge < -0.3 is 9.64 Å². The standard InChI is InChI=1S/C19H23BrN2O4S/c1-15-6-8-17(9-7-15)26-13-12-22(2)19(23)10-11-21-27(24,25)18-5-3-4-16(20)14-18/h3-9,14,21H,10-13H2,1-2H3. The molecule has 0 heterocycles. The van der Waals surface area contributed by atoms with E-state index in [2.05, 4.69) is 20.7 Å². The fourth-order valence-electron chi connectivity index (χ4n) is 2.26. The molecule has 0 saturated heterocycles. The van der Waals surface area contributed by atoms with E-state index in [1.54, 1.807) is 19.2 Å². The van der Waals surface area contributed by atoms with Crippen LogP contribution in [0.1, 0.15) is 12.0 Å². The van der Waals surface area contributed by atoms with E-state index in [-0.39, 0.29) is 23.8 Å². The first-order valence-corrected chi connectivity index (χ1v) is 10.7. The molecule has 0 saturated carbocycles. The average Bonchev–Trinajstić information content (AvgIpc) is 2.63. The Bertz CT molecular complexity index is 870. The molecule has 2 aromatic rings. The number of hydrogen-bond donors (Lipinski definition) is 1. The van der Waals surface area contributed by atoms with Crippen LogP contribution in [0.4, 0.5) is 0 Å². The number of sulfonamides is 1. The number of halogens is 1. The summed E-state index contributed by atoms with van der Waals surface area (Å²) < 4.78 is 33.1. The number of rotatable bonds is 9. The van der Waals surface area contributed by atoms with Crippen molar-refractivity contribution in [2.45, 2.75) is 18.2 Å². The summed E-state index contributed by atoms with van der Waals surface area (Å²) in [5.74, 6) is 0.600. The first-order chi connectivity index (χ1) is 12.8. The number of hydrogen-bond acceptors (Lipinski definition) is 4. The van der Waals surface area contributed by atoms with Crippen molar-refractivity contribution in [3.8, 4) is 5.75 Å². The van der Waals surface area contributed by atoms with Crippen LogP contribution in [0.2, 0.25) is 0 Å². The summed E-state index contributed by atoms with van der Waals surface area (Å²) in [5.41, 5.74) is 1.15. The average molecular weight is 455 g/mol. The second-order valence-electron chi connectivity index (χ2n) is 6.08. The number of nitrogens with one attached hydrogen (secondary N) is 1. The molecule has 0 radical (unpaired) electrons. The van der Waals surface area contributed by atoms with Crippen molar-refractivity contribution in [3.05, 3.63) is 58.6 Å². The molecular formula is C19H23BrN2O4S. The van der Waals surface area contributed by atoms with Crippen LogP contribution in [0.15, 0.2) is 57.9 Å². The number of likely N-dealkylation sites (N-methyl/N-ethyl adjacent to an activating group) is 1. The van der Waals surface area contributed by atoms with Crippen LogP contribution in [0.25, 0.3) is 0 Å². The van der Waals surface area contributed by atoms with Crippen molar-refractivity contribution in [2.24, 2.45) is 0 Å². The van der Waals surface area contributed by atoms with Gasteiger partial charge in [0.05, 0.1) is 11.4 Å². The molecule has 0 atom stereocenters. The van der Waals surface area contributed by atoms with E-state index in [0.29, 0.717) is 17.6 Å². The highest BCUT2D eigenvalue weighted by Gasteiger charge is 2.15. The van der Waals surface area contributed by atoms with Crippen LogP contribution >= 0.6 is 15.9 Å². The highest BCUT2D eigenvalue weighted by atomic mass is 79.9. The lowest BCUT2D eigenvalue weighted by molar-refractivity contribution is -0.130. The Morgan fingerprint density at radius 2 is 1.89 bits per heavy atom. The number of aryl methyl sites for hydroxylation is 1. The Hall–Kier alpha value is -1.90. The number of carbonyl (C=O) groups is 1. The van der Waals surface area contributed by atoms with E-state index >= 15 is 0 Å². The van der Waals surface area contributed by atoms with Gasteiger partial charge in [-0.1, -0.05) is 39.7 Å². The van der Waals surface area contributed by atoms with Crippen LogP contribution < -0.4 is 9.46 Å². The summed E-state index contributed by atoms with van der Waals surface area (Å²) in [6.07, 6.45) is 0.0776. The Balaban J connectivity index is 1.73. The van der Waals surface area contributed by atoms with E-state index in [1.807, 2.05) is 31.2 Å². The monoisotopic (exact) mass is 454 g/mol. The minimum absolute atomic E-state index is 0.0385. The molecule has 1 amide bonds.